The molecular formula is C22H27N3O. The Morgan fingerprint density at radius 2 is 1.62 bits per heavy atom. The molecule has 2 aromatic rings. The molecule has 4 nitrogen and oxygen atoms in total. The molecule has 1 heterocycles. The minimum absolute atomic E-state index is 0.0118. The number of amides is 1. The first-order valence-electron chi connectivity index (χ1n) is 10.0. The monoisotopic (exact) mass is 349 g/mol. The van der Waals surface area contributed by atoms with E-state index in [-0.39, 0.29) is 5.91 Å². The average molecular weight is 349 g/mol. The van der Waals surface area contributed by atoms with Crippen molar-refractivity contribution in [2.24, 2.45) is 23.7 Å². The normalized spacial score (nSPS) is 32.0. The van der Waals surface area contributed by atoms with E-state index in [1.165, 1.54) is 32.1 Å². The predicted molar refractivity (Wildman–Crippen MR) is 101 cm³/mol. The summed E-state index contributed by atoms with van der Waals surface area (Å²) in [7, 11) is 0. The Hall–Kier alpha value is -2.10. The summed E-state index contributed by atoms with van der Waals surface area (Å²) in [4.78, 5) is 17.7. The van der Waals surface area contributed by atoms with Gasteiger partial charge < -0.3 is 9.88 Å². The van der Waals surface area contributed by atoms with Crippen LogP contribution in [-0.4, -0.2) is 21.5 Å². The number of benzene rings is 1. The maximum atomic E-state index is 13.1. The number of nitrogens with zero attached hydrogens (tertiary/aromatic N) is 2. The van der Waals surface area contributed by atoms with E-state index >= 15 is 0 Å². The minimum Gasteiger partial charge on any atom is -0.347 e. The van der Waals surface area contributed by atoms with Crippen molar-refractivity contribution in [1.29, 1.82) is 0 Å². The van der Waals surface area contributed by atoms with Crippen molar-refractivity contribution in [3.8, 4) is 5.69 Å². The summed E-state index contributed by atoms with van der Waals surface area (Å²) in [6.45, 7) is 3.97. The Kier molecular flexibility index (Phi) is 3.70. The summed E-state index contributed by atoms with van der Waals surface area (Å²) >= 11 is 0. The molecule has 4 fully saturated rings. The molecule has 0 atom stereocenters. The zero-order valence-corrected chi connectivity index (χ0v) is 15.6. The van der Waals surface area contributed by atoms with E-state index in [0.717, 1.165) is 29.0 Å². The molecule has 4 aliphatic rings. The van der Waals surface area contributed by atoms with Crippen LogP contribution in [0.25, 0.3) is 5.69 Å². The van der Waals surface area contributed by atoms with E-state index in [4.69, 9.17) is 0 Å². The number of carbonyl (C=O) groups excluding carboxylic acids is 1. The number of hydrogen-bond acceptors (Lipinski definition) is 2. The van der Waals surface area contributed by atoms with Crippen molar-refractivity contribution in [2.75, 3.05) is 0 Å². The molecule has 4 bridgehead atoms. The third kappa shape index (κ3) is 2.50. The van der Waals surface area contributed by atoms with Gasteiger partial charge in [-0.3, -0.25) is 4.79 Å². The van der Waals surface area contributed by atoms with Gasteiger partial charge in [0.1, 0.15) is 11.5 Å². The van der Waals surface area contributed by atoms with Gasteiger partial charge in [-0.05, 0) is 81.8 Å². The molecular weight excluding hydrogens is 322 g/mol. The van der Waals surface area contributed by atoms with E-state index in [2.05, 4.69) is 27.0 Å². The van der Waals surface area contributed by atoms with Crippen molar-refractivity contribution < 1.29 is 4.79 Å². The fourth-order valence-electron chi connectivity index (χ4n) is 6.19. The highest BCUT2D eigenvalue weighted by atomic mass is 16.2. The Morgan fingerprint density at radius 1 is 1.00 bits per heavy atom. The lowest BCUT2D eigenvalue weighted by Crippen LogP contribution is -2.55. The molecule has 1 N–H and O–H groups in total. The molecule has 0 radical (unpaired) electrons. The second-order valence-corrected chi connectivity index (χ2v) is 8.69. The van der Waals surface area contributed by atoms with E-state index in [9.17, 15) is 4.79 Å². The van der Waals surface area contributed by atoms with Crippen molar-refractivity contribution in [3.05, 3.63) is 47.5 Å². The van der Waals surface area contributed by atoms with Crippen LogP contribution >= 0.6 is 0 Å². The highest BCUT2D eigenvalue weighted by Crippen LogP contribution is 2.53. The first kappa shape index (κ1) is 16.1. The van der Waals surface area contributed by atoms with Crippen molar-refractivity contribution >= 4 is 5.91 Å². The second kappa shape index (κ2) is 5.97. The SMILES string of the molecule is Cc1nc(C(=O)NC2C3CC4CC(C3)CC2C4)c(C)n1-c1ccccc1. The Balaban J connectivity index is 1.40. The maximum Gasteiger partial charge on any atom is 0.272 e. The lowest BCUT2D eigenvalue weighted by Gasteiger charge is -2.54. The van der Waals surface area contributed by atoms with E-state index < -0.39 is 0 Å². The molecule has 4 saturated carbocycles. The molecule has 1 amide bonds. The van der Waals surface area contributed by atoms with Gasteiger partial charge in [-0.25, -0.2) is 4.98 Å². The van der Waals surface area contributed by atoms with Gasteiger partial charge >= 0.3 is 0 Å². The van der Waals surface area contributed by atoms with Crippen LogP contribution < -0.4 is 5.32 Å². The summed E-state index contributed by atoms with van der Waals surface area (Å²) in [6, 6.07) is 10.5. The highest BCUT2D eigenvalue weighted by Gasteiger charge is 2.48. The van der Waals surface area contributed by atoms with Crippen LogP contribution in [0.5, 0.6) is 0 Å². The third-order valence-electron chi connectivity index (χ3n) is 7.03. The predicted octanol–water partition coefficient (Wildman–Crippen LogP) is 4.04. The standard InChI is InChI=1S/C22H27N3O/c1-13-20(23-14(2)25(13)19-6-4-3-5-7-19)22(26)24-21-17-9-15-8-16(11-17)12-18(21)10-15/h3-7,15-18,21H,8-12H2,1-2H3,(H,24,26). The second-order valence-electron chi connectivity index (χ2n) is 8.69. The van der Waals surface area contributed by atoms with Crippen molar-refractivity contribution in [1.82, 2.24) is 14.9 Å². The van der Waals surface area contributed by atoms with Gasteiger partial charge in [0.25, 0.3) is 5.91 Å². The van der Waals surface area contributed by atoms with Gasteiger partial charge in [0.2, 0.25) is 0 Å². The molecule has 6 rings (SSSR count). The van der Waals surface area contributed by atoms with Crippen LogP contribution in [0.4, 0.5) is 0 Å². The van der Waals surface area contributed by atoms with E-state index in [1.807, 2.05) is 32.0 Å². The maximum absolute atomic E-state index is 13.1. The number of aromatic nitrogens is 2. The number of carbonyl (C=O) groups is 1. The van der Waals surface area contributed by atoms with Crippen molar-refractivity contribution in [2.45, 2.75) is 52.0 Å². The quantitative estimate of drug-likeness (QED) is 0.909. The molecule has 0 saturated heterocycles. The smallest absolute Gasteiger partial charge is 0.272 e. The fraction of sp³-hybridized carbons (Fsp3) is 0.545. The van der Waals surface area contributed by atoms with Gasteiger partial charge in [-0.15, -0.1) is 0 Å². The first-order valence-corrected chi connectivity index (χ1v) is 10.0. The summed E-state index contributed by atoms with van der Waals surface area (Å²) in [5.41, 5.74) is 2.57. The first-order chi connectivity index (χ1) is 12.6. The number of aryl methyl sites for hydroxylation is 1. The van der Waals surface area contributed by atoms with Crippen LogP contribution in [0.2, 0.25) is 0 Å². The van der Waals surface area contributed by atoms with Crippen LogP contribution in [0, 0.1) is 37.5 Å². The summed E-state index contributed by atoms with van der Waals surface area (Å²) in [6.07, 6.45) is 6.69. The van der Waals surface area contributed by atoms with Gasteiger partial charge in [0.05, 0.1) is 5.69 Å². The van der Waals surface area contributed by atoms with Gasteiger partial charge in [0, 0.05) is 11.7 Å². The zero-order valence-electron chi connectivity index (χ0n) is 15.6. The largest absolute Gasteiger partial charge is 0.347 e. The van der Waals surface area contributed by atoms with Crippen LogP contribution in [-0.2, 0) is 0 Å². The molecule has 0 aliphatic heterocycles. The Bertz CT molecular complexity index is 811. The number of nitrogens with one attached hydrogen (secondary N) is 1. The molecule has 4 aliphatic carbocycles. The molecule has 1 aromatic carbocycles. The van der Waals surface area contributed by atoms with Crippen LogP contribution in [0.15, 0.2) is 30.3 Å². The van der Waals surface area contributed by atoms with Gasteiger partial charge in [-0.2, -0.15) is 0 Å². The van der Waals surface area contributed by atoms with E-state index in [1.54, 1.807) is 0 Å². The van der Waals surface area contributed by atoms with Crippen LogP contribution in [0.3, 0.4) is 0 Å². The number of para-hydroxylation sites is 1. The van der Waals surface area contributed by atoms with Crippen molar-refractivity contribution in [3.63, 3.8) is 0 Å². The molecule has 136 valence electrons. The number of imidazole rings is 1. The van der Waals surface area contributed by atoms with E-state index in [0.29, 0.717) is 23.6 Å². The minimum atomic E-state index is 0.0118. The molecule has 4 heteroatoms. The average Bonchev–Trinajstić information content (AvgIpc) is 2.92. The Labute approximate surface area is 155 Å². The topological polar surface area (TPSA) is 46.9 Å². The molecule has 26 heavy (non-hydrogen) atoms. The lowest BCUT2D eigenvalue weighted by atomic mass is 9.54. The van der Waals surface area contributed by atoms with Crippen LogP contribution in [0.1, 0.15) is 54.1 Å². The third-order valence-corrected chi connectivity index (χ3v) is 7.03. The fourth-order valence-corrected chi connectivity index (χ4v) is 6.19. The Morgan fingerprint density at radius 3 is 2.23 bits per heavy atom. The highest BCUT2D eigenvalue weighted by molar-refractivity contribution is 5.94. The summed E-state index contributed by atoms with van der Waals surface area (Å²) in [5.74, 6) is 4.10. The zero-order chi connectivity index (χ0) is 17.8. The number of hydrogen-bond donors (Lipinski definition) is 1. The molecule has 0 unspecified atom stereocenters. The molecule has 0 spiro atoms. The lowest BCUT2D eigenvalue weighted by molar-refractivity contribution is -0.0120. The molecule has 1 aromatic heterocycles. The summed E-state index contributed by atoms with van der Waals surface area (Å²) in [5, 5.41) is 3.40. The van der Waals surface area contributed by atoms with Gasteiger partial charge in [-0.1, -0.05) is 18.2 Å². The van der Waals surface area contributed by atoms with Gasteiger partial charge in [0.15, 0.2) is 0 Å². The number of rotatable bonds is 3. The summed E-state index contributed by atoms with van der Waals surface area (Å²) < 4.78 is 2.08.